The molecule has 0 aromatic carbocycles. The zero-order valence-corrected chi connectivity index (χ0v) is 10.4. The van der Waals surface area contributed by atoms with Crippen LogP contribution >= 0.6 is 0 Å². The molecule has 1 aliphatic carbocycles. The van der Waals surface area contributed by atoms with Gasteiger partial charge in [-0.05, 0) is 51.7 Å². The molecule has 0 saturated heterocycles. The Morgan fingerprint density at radius 1 is 1.38 bits per heavy atom. The molecule has 1 aromatic rings. The molecule has 1 fully saturated rings. The predicted molar refractivity (Wildman–Crippen MR) is 66.3 cm³/mol. The lowest BCUT2D eigenvalue weighted by atomic mass is 9.89. The van der Waals surface area contributed by atoms with Gasteiger partial charge in [-0.1, -0.05) is 0 Å². The summed E-state index contributed by atoms with van der Waals surface area (Å²) >= 11 is 0. The second kappa shape index (κ2) is 4.52. The van der Waals surface area contributed by atoms with Crippen molar-refractivity contribution < 1.29 is 0 Å². The molecule has 0 aliphatic heterocycles. The van der Waals surface area contributed by atoms with E-state index in [1.165, 1.54) is 18.4 Å². The molecule has 88 valence electrons. The number of hydrogen-bond acceptors (Lipinski definition) is 3. The highest BCUT2D eigenvalue weighted by Crippen LogP contribution is 2.56. The van der Waals surface area contributed by atoms with Crippen LogP contribution in [0.5, 0.6) is 0 Å². The van der Waals surface area contributed by atoms with Gasteiger partial charge >= 0.3 is 0 Å². The van der Waals surface area contributed by atoms with Crippen LogP contribution in [-0.2, 0) is 0 Å². The van der Waals surface area contributed by atoms with Crippen molar-refractivity contribution in [3.63, 3.8) is 0 Å². The van der Waals surface area contributed by atoms with Crippen molar-refractivity contribution in [3.05, 3.63) is 30.1 Å². The zero-order valence-electron chi connectivity index (χ0n) is 10.4. The van der Waals surface area contributed by atoms with Gasteiger partial charge in [0, 0.05) is 30.4 Å². The Kier molecular flexibility index (Phi) is 3.26. The lowest BCUT2D eigenvalue weighted by Crippen LogP contribution is -2.34. The Balaban J connectivity index is 2.25. The molecule has 3 nitrogen and oxygen atoms in total. The van der Waals surface area contributed by atoms with Crippen molar-refractivity contribution in [2.24, 2.45) is 5.41 Å². The summed E-state index contributed by atoms with van der Waals surface area (Å²) in [5.74, 6) is 0. The third kappa shape index (κ3) is 2.11. The third-order valence-electron chi connectivity index (χ3n) is 3.54. The molecule has 0 amide bonds. The van der Waals surface area contributed by atoms with E-state index in [1.54, 1.807) is 0 Å². The highest BCUT2D eigenvalue weighted by atomic mass is 15.1. The molecule has 0 bridgehead atoms. The minimum absolute atomic E-state index is 0.430. The molecule has 1 heterocycles. The van der Waals surface area contributed by atoms with Crippen LogP contribution < -0.4 is 5.32 Å². The highest BCUT2D eigenvalue weighted by Gasteiger charge is 2.50. The van der Waals surface area contributed by atoms with Gasteiger partial charge in [0.15, 0.2) is 0 Å². The first-order valence-electron chi connectivity index (χ1n) is 5.90. The standard InChI is InChI=1S/C13H21N3/c1-14-10-13(6-7-13)12(16(2)3)11-4-8-15-9-5-11/h4-5,8-9,12,14H,6-7,10H2,1-3H3. The third-order valence-corrected chi connectivity index (χ3v) is 3.54. The van der Waals surface area contributed by atoms with Crippen LogP contribution in [0.2, 0.25) is 0 Å². The first-order chi connectivity index (χ1) is 7.69. The van der Waals surface area contributed by atoms with E-state index in [0.717, 1.165) is 6.54 Å². The summed E-state index contributed by atoms with van der Waals surface area (Å²) in [6.07, 6.45) is 6.42. The van der Waals surface area contributed by atoms with Crippen molar-refractivity contribution in [2.45, 2.75) is 18.9 Å². The van der Waals surface area contributed by atoms with E-state index >= 15 is 0 Å². The van der Waals surface area contributed by atoms with E-state index in [4.69, 9.17) is 0 Å². The maximum atomic E-state index is 4.10. The predicted octanol–water partition coefficient (Wildman–Crippen LogP) is 1.68. The molecule has 1 N–H and O–H groups in total. The second-order valence-electron chi connectivity index (χ2n) is 5.04. The van der Waals surface area contributed by atoms with Gasteiger partial charge in [-0.25, -0.2) is 0 Å². The number of nitrogens with one attached hydrogen (secondary N) is 1. The van der Waals surface area contributed by atoms with Gasteiger partial charge in [0.25, 0.3) is 0 Å². The van der Waals surface area contributed by atoms with Gasteiger partial charge in [0.2, 0.25) is 0 Å². The van der Waals surface area contributed by atoms with Crippen molar-refractivity contribution in [2.75, 3.05) is 27.7 Å². The lowest BCUT2D eigenvalue weighted by Gasteiger charge is -2.33. The Hall–Kier alpha value is -0.930. The van der Waals surface area contributed by atoms with Crippen LogP contribution in [0.15, 0.2) is 24.5 Å². The molecule has 1 unspecified atom stereocenters. The fraction of sp³-hybridized carbons (Fsp3) is 0.615. The molecule has 16 heavy (non-hydrogen) atoms. The number of hydrogen-bond donors (Lipinski definition) is 1. The maximum Gasteiger partial charge on any atom is 0.0411 e. The van der Waals surface area contributed by atoms with E-state index in [2.05, 4.69) is 41.4 Å². The van der Waals surface area contributed by atoms with Crippen molar-refractivity contribution >= 4 is 0 Å². The molecule has 1 aromatic heterocycles. The lowest BCUT2D eigenvalue weighted by molar-refractivity contribution is 0.191. The van der Waals surface area contributed by atoms with Crippen molar-refractivity contribution in [1.82, 2.24) is 15.2 Å². The SMILES string of the molecule is CNCC1(C(c2ccncc2)N(C)C)CC1. The topological polar surface area (TPSA) is 28.2 Å². The van der Waals surface area contributed by atoms with Crippen LogP contribution in [0.4, 0.5) is 0 Å². The number of pyridine rings is 1. The smallest absolute Gasteiger partial charge is 0.0411 e. The van der Waals surface area contributed by atoms with Gasteiger partial charge in [-0.3, -0.25) is 4.98 Å². The minimum atomic E-state index is 0.430. The number of nitrogens with zero attached hydrogens (tertiary/aromatic N) is 2. The van der Waals surface area contributed by atoms with E-state index in [-0.39, 0.29) is 0 Å². The van der Waals surface area contributed by atoms with Gasteiger partial charge in [-0.2, -0.15) is 0 Å². The summed E-state index contributed by atoms with van der Waals surface area (Å²) in [5.41, 5.74) is 1.81. The van der Waals surface area contributed by atoms with E-state index in [1.807, 2.05) is 19.4 Å². The Labute approximate surface area is 97.9 Å². The summed E-state index contributed by atoms with van der Waals surface area (Å²) in [7, 11) is 6.38. The van der Waals surface area contributed by atoms with Crippen molar-refractivity contribution in [3.8, 4) is 0 Å². The maximum absolute atomic E-state index is 4.10. The largest absolute Gasteiger partial charge is 0.319 e. The second-order valence-corrected chi connectivity index (χ2v) is 5.04. The first kappa shape index (κ1) is 11.6. The summed E-state index contributed by atoms with van der Waals surface area (Å²) < 4.78 is 0. The molecule has 3 heteroatoms. The summed E-state index contributed by atoms with van der Waals surface area (Å²) in [4.78, 5) is 6.43. The van der Waals surface area contributed by atoms with Crippen LogP contribution in [0, 0.1) is 5.41 Å². The average molecular weight is 219 g/mol. The van der Waals surface area contributed by atoms with E-state index in [0.29, 0.717) is 11.5 Å². The normalized spacial score (nSPS) is 19.8. The fourth-order valence-electron chi connectivity index (χ4n) is 2.80. The molecular weight excluding hydrogens is 198 g/mol. The Morgan fingerprint density at radius 2 is 2.00 bits per heavy atom. The van der Waals surface area contributed by atoms with Gasteiger partial charge in [-0.15, -0.1) is 0 Å². The Bertz CT molecular complexity index is 330. The zero-order chi connectivity index (χ0) is 11.6. The molecule has 2 rings (SSSR count). The van der Waals surface area contributed by atoms with E-state index < -0.39 is 0 Å². The Morgan fingerprint density at radius 3 is 2.44 bits per heavy atom. The monoisotopic (exact) mass is 219 g/mol. The summed E-state index contributed by atoms with van der Waals surface area (Å²) in [6, 6.07) is 4.78. The fourth-order valence-corrected chi connectivity index (χ4v) is 2.80. The molecule has 1 saturated carbocycles. The van der Waals surface area contributed by atoms with Gasteiger partial charge < -0.3 is 10.2 Å². The number of rotatable bonds is 5. The molecule has 0 radical (unpaired) electrons. The molecule has 1 atom stereocenters. The van der Waals surface area contributed by atoms with Gasteiger partial charge in [0.05, 0.1) is 0 Å². The number of aromatic nitrogens is 1. The van der Waals surface area contributed by atoms with E-state index in [9.17, 15) is 0 Å². The summed E-state index contributed by atoms with van der Waals surface area (Å²) in [5, 5.41) is 3.33. The summed E-state index contributed by atoms with van der Waals surface area (Å²) in [6.45, 7) is 1.10. The highest BCUT2D eigenvalue weighted by molar-refractivity contribution is 5.22. The average Bonchev–Trinajstić information content (AvgIpc) is 3.00. The minimum Gasteiger partial charge on any atom is -0.319 e. The van der Waals surface area contributed by atoms with Crippen LogP contribution in [0.3, 0.4) is 0 Å². The van der Waals surface area contributed by atoms with Gasteiger partial charge in [0.1, 0.15) is 0 Å². The quantitative estimate of drug-likeness (QED) is 0.816. The van der Waals surface area contributed by atoms with Crippen LogP contribution in [0.1, 0.15) is 24.4 Å². The van der Waals surface area contributed by atoms with Crippen molar-refractivity contribution in [1.29, 1.82) is 0 Å². The molecule has 1 aliphatic rings. The molecule has 0 spiro atoms. The first-order valence-corrected chi connectivity index (χ1v) is 5.90. The van der Waals surface area contributed by atoms with Crippen LogP contribution in [-0.4, -0.2) is 37.6 Å². The van der Waals surface area contributed by atoms with Crippen LogP contribution in [0.25, 0.3) is 0 Å². The molecular formula is C13H21N3.